The number of hydrogen-bond donors (Lipinski definition) is 1. The number of piperazine rings is 1. The molecule has 10 heteroatoms. The van der Waals surface area contributed by atoms with E-state index in [0.717, 1.165) is 49.3 Å². The van der Waals surface area contributed by atoms with Gasteiger partial charge in [0.05, 0.1) is 4.88 Å². The molecule has 2 aromatic heterocycles. The highest BCUT2D eigenvalue weighted by molar-refractivity contribution is 7.20. The first-order valence-electron chi connectivity index (χ1n) is 10.2. The van der Waals surface area contributed by atoms with Crippen LogP contribution >= 0.6 is 11.3 Å². The van der Waals surface area contributed by atoms with E-state index in [1.165, 1.54) is 18.2 Å². The van der Waals surface area contributed by atoms with Crippen LogP contribution in [0.4, 0.5) is 23.2 Å². The number of hydrogen-bond acceptors (Lipinski definition) is 5. The Balaban J connectivity index is 1.30. The quantitative estimate of drug-likeness (QED) is 0.570. The molecule has 0 radical (unpaired) electrons. The summed E-state index contributed by atoms with van der Waals surface area (Å²) in [4.78, 5) is 21.3. The van der Waals surface area contributed by atoms with Crippen molar-refractivity contribution in [3.8, 4) is 0 Å². The molecule has 1 aliphatic rings. The smallest absolute Gasteiger partial charge is 0.369 e. The Morgan fingerprint density at radius 1 is 1.09 bits per heavy atom. The maximum atomic E-state index is 13.1. The number of pyridine rings is 1. The van der Waals surface area contributed by atoms with E-state index in [1.807, 2.05) is 0 Å². The fraction of sp³-hybridized carbons (Fsp3) is 0.364. The summed E-state index contributed by atoms with van der Waals surface area (Å²) in [5, 5.41) is 3.43. The molecular weight excluding hydrogens is 444 g/mol. The Morgan fingerprint density at radius 3 is 2.44 bits per heavy atom. The lowest BCUT2D eigenvalue weighted by molar-refractivity contribution is -0.140. The number of carbonyl (C=O) groups is 1. The van der Waals surface area contributed by atoms with Crippen LogP contribution in [0.2, 0.25) is 0 Å². The molecule has 0 aliphatic carbocycles. The number of thiophene rings is 1. The molecule has 5 nitrogen and oxygen atoms in total. The monoisotopic (exact) mass is 466 g/mol. The van der Waals surface area contributed by atoms with E-state index in [4.69, 9.17) is 0 Å². The predicted molar refractivity (Wildman–Crippen MR) is 117 cm³/mol. The van der Waals surface area contributed by atoms with Crippen LogP contribution in [0, 0.1) is 12.7 Å². The van der Waals surface area contributed by atoms with Gasteiger partial charge >= 0.3 is 6.18 Å². The molecule has 170 valence electrons. The van der Waals surface area contributed by atoms with E-state index < -0.39 is 11.9 Å². The van der Waals surface area contributed by atoms with E-state index in [0.29, 0.717) is 28.9 Å². The maximum absolute atomic E-state index is 13.1. The molecule has 1 fully saturated rings. The van der Waals surface area contributed by atoms with Gasteiger partial charge in [-0.1, -0.05) is 0 Å². The zero-order chi connectivity index (χ0) is 22.9. The van der Waals surface area contributed by atoms with Crippen LogP contribution in [-0.4, -0.2) is 55.1 Å². The number of benzene rings is 1. The molecule has 1 aromatic carbocycles. The van der Waals surface area contributed by atoms with Crippen molar-refractivity contribution >= 4 is 33.1 Å². The second-order valence-electron chi connectivity index (χ2n) is 7.66. The number of aryl methyl sites for hydroxylation is 1. The average molecular weight is 467 g/mol. The van der Waals surface area contributed by atoms with Crippen molar-refractivity contribution < 1.29 is 22.4 Å². The minimum atomic E-state index is -4.52. The van der Waals surface area contributed by atoms with Crippen LogP contribution in [0.15, 0.2) is 36.4 Å². The molecule has 0 unspecified atom stereocenters. The van der Waals surface area contributed by atoms with Gasteiger partial charge in [0.25, 0.3) is 5.91 Å². The van der Waals surface area contributed by atoms with Gasteiger partial charge in [-0.15, -0.1) is 11.3 Å². The summed E-state index contributed by atoms with van der Waals surface area (Å²) >= 11 is 0.977. The van der Waals surface area contributed by atoms with Gasteiger partial charge in [-0.25, -0.2) is 9.37 Å². The van der Waals surface area contributed by atoms with Gasteiger partial charge in [0.15, 0.2) is 0 Å². The van der Waals surface area contributed by atoms with Crippen molar-refractivity contribution in [1.82, 2.24) is 15.2 Å². The summed E-state index contributed by atoms with van der Waals surface area (Å²) in [7, 11) is 0. The Morgan fingerprint density at radius 2 is 1.78 bits per heavy atom. The molecule has 0 saturated carbocycles. The summed E-state index contributed by atoms with van der Waals surface area (Å²) in [6.45, 7) is 6.08. The van der Waals surface area contributed by atoms with E-state index in [1.54, 1.807) is 19.1 Å². The largest absolute Gasteiger partial charge is 0.433 e. The molecule has 3 heterocycles. The minimum Gasteiger partial charge on any atom is -0.369 e. The number of nitrogens with zero attached hydrogens (tertiary/aromatic N) is 3. The van der Waals surface area contributed by atoms with Gasteiger partial charge in [0.2, 0.25) is 0 Å². The van der Waals surface area contributed by atoms with Crippen molar-refractivity contribution in [3.05, 3.63) is 58.3 Å². The SMILES string of the molecule is Cc1c(C(=O)NCCN2CCN(c3ccc(F)cc3)CC2)sc2nc(C(F)(F)F)ccc12. The summed E-state index contributed by atoms with van der Waals surface area (Å²) in [6, 6.07) is 8.75. The summed E-state index contributed by atoms with van der Waals surface area (Å²) < 4.78 is 51.8. The van der Waals surface area contributed by atoms with Crippen LogP contribution in [0.1, 0.15) is 20.9 Å². The van der Waals surface area contributed by atoms with Crippen LogP contribution in [-0.2, 0) is 6.18 Å². The molecule has 0 atom stereocenters. The second kappa shape index (κ2) is 9.03. The first kappa shape index (κ1) is 22.5. The number of nitrogens with one attached hydrogen (secondary N) is 1. The Kier molecular flexibility index (Phi) is 6.34. The topological polar surface area (TPSA) is 48.5 Å². The average Bonchev–Trinajstić information content (AvgIpc) is 3.10. The van der Waals surface area contributed by atoms with E-state index in [2.05, 4.69) is 20.1 Å². The third-order valence-electron chi connectivity index (χ3n) is 5.58. The van der Waals surface area contributed by atoms with Crippen molar-refractivity contribution in [2.45, 2.75) is 13.1 Å². The zero-order valence-corrected chi connectivity index (χ0v) is 18.2. The van der Waals surface area contributed by atoms with Crippen molar-refractivity contribution in [2.75, 3.05) is 44.2 Å². The zero-order valence-electron chi connectivity index (χ0n) is 17.4. The fourth-order valence-electron chi connectivity index (χ4n) is 3.76. The summed E-state index contributed by atoms with van der Waals surface area (Å²) in [5.74, 6) is -0.558. The Hall–Kier alpha value is -2.72. The third-order valence-corrected chi connectivity index (χ3v) is 6.78. The van der Waals surface area contributed by atoms with Gasteiger partial charge in [0.1, 0.15) is 16.3 Å². The van der Waals surface area contributed by atoms with Crippen molar-refractivity contribution in [3.63, 3.8) is 0 Å². The number of anilines is 1. The van der Waals surface area contributed by atoms with Crippen LogP contribution < -0.4 is 10.2 Å². The van der Waals surface area contributed by atoms with Gasteiger partial charge < -0.3 is 10.2 Å². The molecule has 32 heavy (non-hydrogen) atoms. The maximum Gasteiger partial charge on any atom is 0.433 e. The fourth-order valence-corrected chi connectivity index (χ4v) is 4.86. The number of fused-ring (bicyclic) bond motifs is 1. The first-order chi connectivity index (χ1) is 15.2. The van der Waals surface area contributed by atoms with Crippen molar-refractivity contribution in [1.29, 1.82) is 0 Å². The molecule has 0 spiro atoms. The van der Waals surface area contributed by atoms with Crippen LogP contribution in [0.3, 0.4) is 0 Å². The number of amides is 1. The lowest BCUT2D eigenvalue weighted by atomic mass is 10.2. The highest BCUT2D eigenvalue weighted by Gasteiger charge is 2.33. The number of halogens is 4. The van der Waals surface area contributed by atoms with Crippen LogP contribution in [0.25, 0.3) is 10.2 Å². The molecule has 1 saturated heterocycles. The normalized spacial score (nSPS) is 15.3. The number of rotatable bonds is 5. The highest BCUT2D eigenvalue weighted by atomic mass is 32.1. The van der Waals surface area contributed by atoms with Gasteiger partial charge in [-0.05, 0) is 48.9 Å². The molecule has 1 aliphatic heterocycles. The Bertz CT molecular complexity index is 1110. The van der Waals surface area contributed by atoms with Gasteiger partial charge in [-0.2, -0.15) is 13.2 Å². The number of alkyl halides is 3. The molecule has 0 bridgehead atoms. The summed E-state index contributed by atoms with van der Waals surface area (Å²) in [5.41, 5.74) is 0.663. The predicted octanol–water partition coefficient (Wildman–Crippen LogP) is 4.31. The molecule has 4 rings (SSSR count). The van der Waals surface area contributed by atoms with Crippen LogP contribution in [0.5, 0.6) is 0 Å². The first-order valence-corrected chi connectivity index (χ1v) is 11.0. The minimum absolute atomic E-state index is 0.208. The van der Waals surface area contributed by atoms with E-state index in [9.17, 15) is 22.4 Å². The molecule has 1 amide bonds. The molecule has 1 N–H and O–H groups in total. The van der Waals surface area contributed by atoms with Crippen molar-refractivity contribution in [2.24, 2.45) is 0 Å². The Labute approximate surface area is 186 Å². The highest BCUT2D eigenvalue weighted by Crippen LogP contribution is 2.34. The molecular formula is C22H22F4N4OS. The number of carbonyl (C=O) groups excluding carboxylic acids is 1. The lowest BCUT2D eigenvalue weighted by Gasteiger charge is -2.36. The van der Waals surface area contributed by atoms with Gasteiger partial charge in [-0.3, -0.25) is 9.69 Å². The van der Waals surface area contributed by atoms with Gasteiger partial charge in [0, 0.05) is 50.3 Å². The van der Waals surface area contributed by atoms with E-state index >= 15 is 0 Å². The summed E-state index contributed by atoms with van der Waals surface area (Å²) in [6.07, 6.45) is -4.52. The molecule has 3 aromatic rings. The number of aromatic nitrogens is 1. The standard InChI is InChI=1S/C22H22F4N4OS/c1-14-17-6-7-18(22(24,25)26)28-21(17)32-19(14)20(31)27-8-9-29-10-12-30(13-11-29)16-4-2-15(23)3-5-16/h2-7H,8-13H2,1H3,(H,27,31). The lowest BCUT2D eigenvalue weighted by Crippen LogP contribution is -2.48. The van der Waals surface area contributed by atoms with E-state index in [-0.39, 0.29) is 16.6 Å². The third kappa shape index (κ3) is 4.86. The second-order valence-corrected chi connectivity index (χ2v) is 8.66.